The number of hydrogen-bond donors (Lipinski definition) is 0. The topological polar surface area (TPSA) is 63.7 Å². The Hall–Kier alpha value is -0.530. The summed E-state index contributed by atoms with van der Waals surface area (Å²) < 4.78 is 6.05. The summed E-state index contributed by atoms with van der Waals surface area (Å²) in [6, 6.07) is 0. The zero-order valence-corrected chi connectivity index (χ0v) is 26.5. The number of piperidine rings is 1. The molecule has 0 N–H and O–H groups in total. The van der Waals surface area contributed by atoms with Crippen LogP contribution in [0, 0.1) is 16.7 Å². The Morgan fingerprint density at radius 3 is 1.68 bits per heavy atom. The van der Waals surface area contributed by atoms with Crippen LogP contribution in [0.5, 0.6) is 0 Å². The number of carbonyl (C=O) groups is 3. The normalized spacial score (nSPS) is 15.8. The lowest BCUT2D eigenvalue weighted by Gasteiger charge is -2.30. The molecule has 1 aliphatic rings. The minimum atomic E-state index is -0.274. The lowest BCUT2D eigenvalue weighted by Crippen LogP contribution is -2.34. The first-order valence-electron chi connectivity index (χ1n) is 14.5. The predicted octanol–water partition coefficient (Wildman–Crippen LogP) is 7.75. The summed E-state index contributed by atoms with van der Waals surface area (Å²) in [5.74, 6) is 0.418. The first-order chi connectivity index (χ1) is 17.4. The Morgan fingerprint density at radius 1 is 0.811 bits per heavy atom. The van der Waals surface area contributed by atoms with Gasteiger partial charge < -0.3 is 9.64 Å². The molecule has 0 bridgehead atoms. The fraction of sp³-hybridized carbons (Fsp3) is 0.900. The number of hydrogen-bond acceptors (Lipinski definition) is 7. The highest BCUT2D eigenvalue weighted by Gasteiger charge is 2.27. The maximum absolute atomic E-state index is 12.8. The van der Waals surface area contributed by atoms with Gasteiger partial charge in [-0.3, -0.25) is 14.4 Å². The number of esters is 1. The molecule has 1 fully saturated rings. The van der Waals surface area contributed by atoms with Crippen LogP contribution in [0.4, 0.5) is 0 Å². The Kier molecular flexibility index (Phi) is 16.7. The summed E-state index contributed by atoms with van der Waals surface area (Å²) in [6.45, 7) is 13.6. The minimum Gasteiger partial charge on any atom is -0.462 e. The van der Waals surface area contributed by atoms with Gasteiger partial charge in [0.2, 0.25) is 0 Å². The van der Waals surface area contributed by atoms with Gasteiger partial charge in [0.15, 0.2) is 10.2 Å². The zero-order chi connectivity index (χ0) is 27.9. The SMILES string of the molecule is CCN1CCC(CC(=O)OC(CCCCCC(C)(C)C(=O)SC)CCCCCC(C)(C)C(=O)SC)CC1. The highest BCUT2D eigenvalue weighted by Crippen LogP contribution is 2.31. The fourth-order valence-corrected chi connectivity index (χ4v) is 6.54. The summed E-state index contributed by atoms with van der Waals surface area (Å²) in [5, 5.41) is 0.512. The fourth-order valence-electron chi connectivity index (χ4n) is 5.23. The highest BCUT2D eigenvalue weighted by molar-refractivity contribution is 8.13. The molecule has 0 amide bonds. The first kappa shape index (κ1) is 34.5. The van der Waals surface area contributed by atoms with Crippen molar-refractivity contribution < 1.29 is 19.1 Å². The molecule has 0 aromatic rings. The van der Waals surface area contributed by atoms with Crippen molar-refractivity contribution in [3.63, 3.8) is 0 Å². The number of likely N-dealkylation sites (tertiary alicyclic amines) is 1. The smallest absolute Gasteiger partial charge is 0.306 e. The molecular formula is C30H55NO4S2. The van der Waals surface area contributed by atoms with Crippen LogP contribution in [0.2, 0.25) is 0 Å². The molecule has 0 saturated carbocycles. The third-order valence-electron chi connectivity index (χ3n) is 8.04. The van der Waals surface area contributed by atoms with Crippen molar-refractivity contribution in [2.75, 3.05) is 32.1 Å². The third kappa shape index (κ3) is 13.9. The molecule has 0 aromatic carbocycles. The minimum absolute atomic E-state index is 0.0232. The summed E-state index contributed by atoms with van der Waals surface area (Å²) in [5.41, 5.74) is -0.547. The zero-order valence-electron chi connectivity index (χ0n) is 24.9. The quantitative estimate of drug-likeness (QED) is 0.126. The van der Waals surface area contributed by atoms with Crippen LogP contribution in [-0.4, -0.2) is 59.3 Å². The molecule has 7 heteroatoms. The molecule has 0 radical (unpaired) electrons. The van der Waals surface area contributed by atoms with Crippen molar-refractivity contribution >= 4 is 39.7 Å². The number of thioether (sulfide) groups is 2. The number of unbranched alkanes of at least 4 members (excludes halogenated alkanes) is 4. The van der Waals surface area contributed by atoms with Crippen LogP contribution >= 0.6 is 23.5 Å². The van der Waals surface area contributed by atoms with Crippen molar-refractivity contribution in [3.05, 3.63) is 0 Å². The summed E-state index contributed by atoms with van der Waals surface area (Å²) in [4.78, 5) is 39.5. The molecule has 0 spiro atoms. The highest BCUT2D eigenvalue weighted by atomic mass is 32.2. The molecule has 0 aliphatic carbocycles. The molecule has 0 aromatic heterocycles. The lowest BCUT2D eigenvalue weighted by atomic mass is 9.87. The number of ether oxygens (including phenoxy) is 1. The maximum atomic E-state index is 12.8. The van der Waals surface area contributed by atoms with E-state index in [1.165, 1.54) is 23.5 Å². The van der Waals surface area contributed by atoms with Crippen LogP contribution in [0.15, 0.2) is 0 Å². The molecule has 0 unspecified atom stereocenters. The maximum Gasteiger partial charge on any atom is 0.306 e. The standard InChI is InChI=1S/C30H55NO4S2/c1-8-31-21-17-24(18-22-31)23-26(32)35-25(15-11-9-13-19-29(2,3)27(33)36-6)16-12-10-14-20-30(4,5)28(34)37-7/h24-25H,8-23H2,1-7H3. The predicted molar refractivity (Wildman–Crippen MR) is 160 cm³/mol. The van der Waals surface area contributed by atoms with Crippen LogP contribution in [0.25, 0.3) is 0 Å². The summed E-state index contributed by atoms with van der Waals surface area (Å²) in [7, 11) is 0. The average molecular weight is 558 g/mol. The molecule has 1 saturated heterocycles. The number of carbonyl (C=O) groups excluding carboxylic acids is 3. The van der Waals surface area contributed by atoms with Gasteiger partial charge in [-0.15, -0.1) is 0 Å². The van der Waals surface area contributed by atoms with E-state index in [0.717, 1.165) is 96.7 Å². The molecule has 37 heavy (non-hydrogen) atoms. The van der Waals surface area contributed by atoms with Gasteiger partial charge in [-0.05, 0) is 89.4 Å². The van der Waals surface area contributed by atoms with Crippen molar-refractivity contribution in [1.29, 1.82) is 0 Å². The lowest BCUT2D eigenvalue weighted by molar-refractivity contribution is -0.151. The molecular weight excluding hydrogens is 502 g/mol. The molecule has 1 aliphatic heterocycles. The molecule has 1 rings (SSSR count). The number of rotatable bonds is 18. The van der Waals surface area contributed by atoms with E-state index in [2.05, 4.69) is 11.8 Å². The number of nitrogens with zero attached hydrogens (tertiary/aromatic N) is 1. The van der Waals surface area contributed by atoms with E-state index in [1.807, 2.05) is 40.2 Å². The Morgan fingerprint density at radius 2 is 1.27 bits per heavy atom. The molecule has 1 heterocycles. The Bertz CT molecular complexity index is 649. The third-order valence-corrected chi connectivity index (χ3v) is 9.89. The average Bonchev–Trinajstić information content (AvgIpc) is 2.87. The van der Waals surface area contributed by atoms with Crippen LogP contribution in [0.3, 0.4) is 0 Å². The van der Waals surface area contributed by atoms with Crippen molar-refractivity contribution in [2.24, 2.45) is 16.7 Å². The van der Waals surface area contributed by atoms with Gasteiger partial charge in [0, 0.05) is 17.3 Å². The van der Waals surface area contributed by atoms with Gasteiger partial charge in [0.25, 0.3) is 0 Å². The summed E-state index contributed by atoms with van der Waals surface area (Å²) >= 11 is 2.64. The van der Waals surface area contributed by atoms with Gasteiger partial charge in [-0.2, -0.15) is 0 Å². The van der Waals surface area contributed by atoms with Gasteiger partial charge in [0.1, 0.15) is 6.10 Å². The second kappa shape index (κ2) is 17.9. The second-order valence-electron chi connectivity index (χ2n) is 12.1. The Balaban J connectivity index is 2.50. The van der Waals surface area contributed by atoms with Crippen molar-refractivity contribution in [2.45, 2.75) is 124 Å². The largest absolute Gasteiger partial charge is 0.462 e. The van der Waals surface area contributed by atoms with E-state index >= 15 is 0 Å². The van der Waals surface area contributed by atoms with Gasteiger partial charge >= 0.3 is 5.97 Å². The van der Waals surface area contributed by atoms with Crippen LogP contribution < -0.4 is 0 Å². The summed E-state index contributed by atoms with van der Waals surface area (Å²) in [6.07, 6.45) is 16.2. The van der Waals surface area contributed by atoms with Crippen LogP contribution in [0.1, 0.15) is 118 Å². The van der Waals surface area contributed by atoms with Crippen LogP contribution in [-0.2, 0) is 19.1 Å². The second-order valence-corrected chi connectivity index (χ2v) is 13.7. The van der Waals surface area contributed by atoms with E-state index in [9.17, 15) is 14.4 Å². The van der Waals surface area contributed by atoms with E-state index in [0.29, 0.717) is 12.3 Å². The van der Waals surface area contributed by atoms with E-state index < -0.39 is 0 Å². The van der Waals surface area contributed by atoms with Gasteiger partial charge in [-0.25, -0.2) is 0 Å². The van der Waals surface area contributed by atoms with Gasteiger partial charge in [0.05, 0.1) is 0 Å². The van der Waals surface area contributed by atoms with Crippen molar-refractivity contribution in [1.82, 2.24) is 4.90 Å². The molecule has 216 valence electrons. The Labute approximate surface area is 236 Å². The van der Waals surface area contributed by atoms with E-state index in [1.54, 1.807) is 0 Å². The molecule has 0 atom stereocenters. The van der Waals surface area contributed by atoms with E-state index in [4.69, 9.17) is 4.74 Å². The monoisotopic (exact) mass is 557 g/mol. The molecule has 5 nitrogen and oxygen atoms in total. The van der Waals surface area contributed by atoms with Gasteiger partial charge in [-0.1, -0.05) is 83.8 Å². The van der Waals surface area contributed by atoms with E-state index in [-0.39, 0.29) is 33.1 Å². The first-order valence-corrected chi connectivity index (χ1v) is 17.0. The van der Waals surface area contributed by atoms with Crippen molar-refractivity contribution in [3.8, 4) is 0 Å².